The molecule has 4 N–H and O–H groups in total. The number of benzene rings is 4. The first kappa shape index (κ1) is 24.8. The molecule has 0 radical (unpaired) electrons. The lowest BCUT2D eigenvalue weighted by Crippen LogP contribution is -2.34. The normalized spacial score (nSPS) is 10.5. The second kappa shape index (κ2) is 11.0. The lowest BCUT2D eigenvalue weighted by atomic mass is 10.1. The van der Waals surface area contributed by atoms with Gasteiger partial charge in [0.1, 0.15) is 0 Å². The van der Waals surface area contributed by atoms with Crippen LogP contribution in [0.5, 0.6) is 0 Å². The predicted octanol–water partition coefficient (Wildman–Crippen LogP) is 7.03. The van der Waals surface area contributed by atoms with E-state index in [9.17, 15) is 9.59 Å². The van der Waals surface area contributed by atoms with Crippen molar-refractivity contribution in [3.8, 4) is 0 Å². The van der Waals surface area contributed by atoms with Crippen LogP contribution in [0.4, 0.5) is 27.5 Å². The molecule has 36 heavy (non-hydrogen) atoms. The third kappa shape index (κ3) is 6.03. The average Bonchev–Trinajstić information content (AvgIpc) is 2.87. The van der Waals surface area contributed by atoms with Crippen LogP contribution in [-0.4, -0.2) is 11.9 Å². The van der Waals surface area contributed by atoms with E-state index in [1.165, 1.54) is 0 Å². The molecule has 0 spiro atoms. The summed E-state index contributed by atoms with van der Waals surface area (Å²) in [6.45, 7) is 4.36. The molecule has 0 aliphatic carbocycles. The van der Waals surface area contributed by atoms with Crippen molar-refractivity contribution in [2.24, 2.45) is 0 Å². The number of carbonyl (C=O) groups is 2. The first-order valence-electron chi connectivity index (χ1n) is 11.5. The summed E-state index contributed by atoms with van der Waals surface area (Å²) >= 11 is 5.98. The number of nitrogens with zero attached hydrogens (tertiary/aromatic N) is 1. The van der Waals surface area contributed by atoms with Gasteiger partial charge in [-0.15, -0.1) is 0 Å². The smallest absolute Gasteiger partial charge is 0.326 e. The minimum atomic E-state index is -0.276. The molecule has 0 heterocycles. The van der Waals surface area contributed by atoms with Gasteiger partial charge in [0.15, 0.2) is 0 Å². The highest BCUT2D eigenvalue weighted by Gasteiger charge is 2.18. The first-order valence-corrected chi connectivity index (χ1v) is 11.8. The minimum Gasteiger partial charge on any atom is -0.397 e. The Kier molecular flexibility index (Phi) is 7.56. The Hall–Kier alpha value is -4.29. The van der Waals surface area contributed by atoms with Gasteiger partial charge in [0, 0.05) is 22.0 Å². The molecule has 0 unspecified atom stereocenters. The van der Waals surface area contributed by atoms with Crippen LogP contribution in [0.25, 0.3) is 0 Å². The molecule has 0 aliphatic rings. The molecule has 4 aromatic rings. The van der Waals surface area contributed by atoms with Crippen LogP contribution in [-0.2, 0) is 6.54 Å². The number of urea groups is 1. The molecule has 3 amide bonds. The largest absolute Gasteiger partial charge is 0.397 e. The van der Waals surface area contributed by atoms with E-state index in [1.807, 2.05) is 56.3 Å². The maximum absolute atomic E-state index is 13.3. The van der Waals surface area contributed by atoms with Crippen molar-refractivity contribution in [2.45, 2.75) is 20.4 Å². The summed E-state index contributed by atoms with van der Waals surface area (Å²) in [6.07, 6.45) is 0. The molecule has 0 bridgehead atoms. The van der Waals surface area contributed by atoms with E-state index in [0.29, 0.717) is 34.2 Å². The highest BCUT2D eigenvalue weighted by atomic mass is 35.5. The zero-order valence-corrected chi connectivity index (χ0v) is 20.8. The Morgan fingerprint density at radius 2 is 1.53 bits per heavy atom. The maximum Gasteiger partial charge on any atom is 0.326 e. The van der Waals surface area contributed by atoms with E-state index in [2.05, 4.69) is 10.6 Å². The fourth-order valence-corrected chi connectivity index (χ4v) is 3.77. The lowest BCUT2D eigenvalue weighted by Gasteiger charge is -2.24. The molecule has 0 saturated carbocycles. The van der Waals surface area contributed by atoms with Crippen LogP contribution in [0.2, 0.25) is 5.02 Å². The fourth-order valence-electron chi connectivity index (χ4n) is 3.65. The number of carbonyl (C=O) groups excluding carboxylic acids is 2. The molecule has 0 fully saturated rings. The number of para-hydroxylation sites is 2. The molecule has 4 aromatic carbocycles. The number of nitrogen functional groups attached to an aromatic ring is 1. The Balaban J connectivity index is 1.54. The predicted molar refractivity (Wildman–Crippen MR) is 148 cm³/mol. The standard InChI is InChI=1S/C29H27ClN4O2/c1-19-7-16-25(17-20(19)2)34(29(36)32-24-14-12-23(30)13-15-24)18-21-8-10-22(11-9-21)28(35)33-27-6-4-3-5-26(27)31/h3-17H,18,31H2,1-2H3,(H,32,36)(H,33,35). The van der Waals surface area contributed by atoms with Crippen molar-refractivity contribution in [2.75, 3.05) is 21.3 Å². The molecule has 0 saturated heterocycles. The van der Waals surface area contributed by atoms with Crippen molar-refractivity contribution in [3.05, 3.63) is 118 Å². The Morgan fingerprint density at radius 3 is 2.19 bits per heavy atom. The summed E-state index contributed by atoms with van der Waals surface area (Å²) in [6, 6.07) is 26.9. The topological polar surface area (TPSA) is 87.5 Å². The van der Waals surface area contributed by atoms with Gasteiger partial charge in [0.2, 0.25) is 0 Å². The number of rotatable bonds is 6. The maximum atomic E-state index is 13.3. The third-order valence-corrected chi connectivity index (χ3v) is 6.16. The average molecular weight is 499 g/mol. The monoisotopic (exact) mass is 498 g/mol. The van der Waals surface area contributed by atoms with Crippen LogP contribution in [0.15, 0.2) is 91.0 Å². The Bertz CT molecular complexity index is 1390. The van der Waals surface area contributed by atoms with Crippen molar-refractivity contribution in [1.29, 1.82) is 0 Å². The van der Waals surface area contributed by atoms with E-state index < -0.39 is 0 Å². The van der Waals surface area contributed by atoms with Gasteiger partial charge in [-0.1, -0.05) is 41.9 Å². The van der Waals surface area contributed by atoms with Crippen molar-refractivity contribution >= 4 is 46.3 Å². The zero-order valence-electron chi connectivity index (χ0n) is 20.1. The molecule has 0 atom stereocenters. The molecular weight excluding hydrogens is 472 g/mol. The molecule has 7 heteroatoms. The van der Waals surface area contributed by atoms with Gasteiger partial charge in [0.25, 0.3) is 5.91 Å². The van der Waals surface area contributed by atoms with E-state index >= 15 is 0 Å². The molecule has 6 nitrogen and oxygen atoms in total. The van der Waals surface area contributed by atoms with E-state index in [1.54, 1.807) is 53.4 Å². The van der Waals surface area contributed by atoms with Crippen molar-refractivity contribution in [1.82, 2.24) is 0 Å². The summed E-state index contributed by atoms with van der Waals surface area (Å²) in [7, 11) is 0. The summed E-state index contributed by atoms with van der Waals surface area (Å²) in [5.41, 5.74) is 12.0. The summed E-state index contributed by atoms with van der Waals surface area (Å²) in [5, 5.41) is 6.36. The van der Waals surface area contributed by atoms with Crippen molar-refractivity contribution in [3.63, 3.8) is 0 Å². The number of nitrogens with one attached hydrogen (secondary N) is 2. The number of nitrogens with two attached hydrogens (primary N) is 1. The van der Waals surface area contributed by atoms with Crippen molar-refractivity contribution < 1.29 is 9.59 Å². The fraction of sp³-hybridized carbons (Fsp3) is 0.103. The third-order valence-electron chi connectivity index (χ3n) is 5.91. The number of anilines is 4. The second-order valence-corrected chi connectivity index (χ2v) is 8.97. The molecule has 4 rings (SSSR count). The highest BCUT2D eigenvalue weighted by molar-refractivity contribution is 6.30. The lowest BCUT2D eigenvalue weighted by molar-refractivity contribution is 0.102. The number of hydrogen-bond acceptors (Lipinski definition) is 3. The highest BCUT2D eigenvalue weighted by Crippen LogP contribution is 2.24. The summed E-state index contributed by atoms with van der Waals surface area (Å²) < 4.78 is 0. The molecule has 0 aromatic heterocycles. The first-order chi connectivity index (χ1) is 17.3. The summed E-state index contributed by atoms with van der Waals surface area (Å²) in [4.78, 5) is 27.7. The van der Waals surface area contributed by atoms with E-state index in [4.69, 9.17) is 17.3 Å². The zero-order chi connectivity index (χ0) is 25.7. The van der Waals surface area contributed by atoms with Gasteiger partial charge in [-0.05, 0) is 91.2 Å². The number of aryl methyl sites for hydroxylation is 2. The quantitative estimate of drug-likeness (QED) is 0.249. The van der Waals surface area contributed by atoms with Gasteiger partial charge in [0.05, 0.1) is 17.9 Å². The van der Waals surface area contributed by atoms with Crippen LogP contribution >= 0.6 is 11.6 Å². The van der Waals surface area contributed by atoms with E-state index in [-0.39, 0.29) is 11.9 Å². The minimum absolute atomic E-state index is 0.258. The van der Waals surface area contributed by atoms with Crippen LogP contribution in [0.3, 0.4) is 0 Å². The number of hydrogen-bond donors (Lipinski definition) is 3. The molecular formula is C29H27ClN4O2. The second-order valence-electron chi connectivity index (χ2n) is 8.53. The number of halogens is 1. The Morgan fingerprint density at radius 1 is 0.833 bits per heavy atom. The molecule has 182 valence electrons. The number of amides is 3. The van der Waals surface area contributed by atoms with E-state index in [0.717, 1.165) is 22.4 Å². The van der Waals surface area contributed by atoms with Gasteiger partial charge in [-0.3, -0.25) is 9.69 Å². The SMILES string of the molecule is Cc1ccc(N(Cc2ccc(C(=O)Nc3ccccc3N)cc2)C(=O)Nc2ccc(Cl)cc2)cc1C. The summed E-state index contributed by atoms with van der Waals surface area (Å²) in [5.74, 6) is -0.258. The van der Waals surface area contributed by atoms with Crippen LogP contribution in [0.1, 0.15) is 27.0 Å². The van der Waals surface area contributed by atoms with Gasteiger partial charge in [-0.25, -0.2) is 4.79 Å². The van der Waals surface area contributed by atoms with Gasteiger partial charge < -0.3 is 16.4 Å². The van der Waals surface area contributed by atoms with Crippen LogP contribution in [0, 0.1) is 13.8 Å². The van der Waals surface area contributed by atoms with Gasteiger partial charge >= 0.3 is 6.03 Å². The molecule has 0 aliphatic heterocycles. The Labute approximate surface area is 215 Å². The van der Waals surface area contributed by atoms with Crippen LogP contribution < -0.4 is 21.3 Å². The van der Waals surface area contributed by atoms with Gasteiger partial charge in [-0.2, -0.15) is 0 Å².